The minimum Gasteiger partial charge on any atom is -0.367 e. The number of amides is 2. The third-order valence-corrected chi connectivity index (χ3v) is 11.1. The van der Waals surface area contributed by atoms with Crippen molar-refractivity contribution in [3.05, 3.63) is 58.7 Å². The van der Waals surface area contributed by atoms with E-state index in [4.69, 9.17) is 0 Å². The second kappa shape index (κ2) is 23.7. The van der Waals surface area contributed by atoms with Crippen LogP contribution in [0, 0.1) is 0 Å². The summed E-state index contributed by atoms with van der Waals surface area (Å²) in [5.74, 6) is -6.75. The molecule has 0 aliphatic heterocycles. The molecule has 2 aromatic rings. The number of hydrogen-bond acceptors (Lipinski definition) is 18. The second-order valence-corrected chi connectivity index (χ2v) is 18.1. The van der Waals surface area contributed by atoms with Gasteiger partial charge in [0.1, 0.15) is 0 Å². The van der Waals surface area contributed by atoms with Gasteiger partial charge in [0.15, 0.2) is 0 Å². The van der Waals surface area contributed by atoms with Crippen molar-refractivity contribution in [3.8, 4) is 0 Å². The largest absolute Gasteiger partial charge is 0.529 e. The number of benzene rings is 2. The van der Waals surface area contributed by atoms with E-state index in [1.165, 1.54) is 0 Å². The molecule has 60 heavy (non-hydrogen) atoms. The molecule has 0 saturated heterocycles. The summed E-state index contributed by atoms with van der Waals surface area (Å²) in [7, 11) is -16.0. The number of hydrogen-bond donors (Lipinski definition) is 6. The first-order chi connectivity index (χ1) is 27.9. The van der Waals surface area contributed by atoms with E-state index in [9.17, 15) is 66.6 Å². The number of nitrogens with one attached hydrogen (secondary N) is 2. The van der Waals surface area contributed by atoms with E-state index < -0.39 is 89.2 Å². The van der Waals surface area contributed by atoms with Gasteiger partial charge < -0.3 is 28.7 Å². The van der Waals surface area contributed by atoms with Crippen molar-refractivity contribution in [1.82, 2.24) is 0 Å². The molecule has 4 unspecified atom stereocenters. The van der Waals surface area contributed by atoms with Gasteiger partial charge in [-0.3, -0.25) is 47.3 Å². The topological polar surface area (TPSA) is 350 Å². The van der Waals surface area contributed by atoms with Crippen molar-refractivity contribution >= 4 is 78.4 Å². The van der Waals surface area contributed by atoms with Crippen LogP contribution in [0.2, 0.25) is 0 Å². The maximum atomic E-state index is 12.6. The lowest BCUT2D eigenvalue weighted by molar-refractivity contribution is -0.117. The van der Waals surface area contributed by atoms with E-state index in [2.05, 4.69) is 46.8 Å². The normalized spacial score (nSPS) is 15.1. The highest BCUT2D eigenvalue weighted by Gasteiger charge is 2.31. The molecule has 0 aliphatic rings. The third kappa shape index (κ3) is 19.1. The van der Waals surface area contributed by atoms with Crippen molar-refractivity contribution in [2.75, 3.05) is 39.1 Å². The fourth-order valence-corrected chi connectivity index (χ4v) is 6.29. The minimum atomic E-state index is -4.81. The van der Waals surface area contributed by atoms with E-state index in [0.29, 0.717) is 25.7 Å². The Morgan fingerprint density at radius 3 is 0.850 bits per heavy atom. The molecule has 2 aromatic carbocycles. The Kier molecular flexibility index (Phi) is 20.6. The second-order valence-electron chi connectivity index (χ2n) is 12.1. The van der Waals surface area contributed by atoms with Gasteiger partial charge in [0.05, 0.1) is 22.3 Å². The SMILES string of the molecule is COP(=O)(O)OC(=O)c1cc(NC(=O)CCCCCCCCCCC(=O)Nc2cc(C(=O)OP(=O)(O)OC)cc(C(=O)OP(=O)(O)OC)c2)cc(C(=O)OP(=O)(O)OC)c1. The van der Waals surface area contributed by atoms with Gasteiger partial charge >= 0.3 is 55.2 Å². The van der Waals surface area contributed by atoms with E-state index in [1.54, 1.807) is 0 Å². The van der Waals surface area contributed by atoms with Crippen LogP contribution in [-0.2, 0) is 64.0 Å². The first-order valence-electron chi connectivity index (χ1n) is 17.3. The molecule has 0 heterocycles. The highest BCUT2D eigenvalue weighted by molar-refractivity contribution is 7.48. The number of phosphoric ester groups is 4. The molecule has 28 heteroatoms. The summed E-state index contributed by atoms with van der Waals surface area (Å²) in [6.45, 7) is 0. The highest BCUT2D eigenvalue weighted by atomic mass is 31.2. The summed E-state index contributed by atoms with van der Waals surface area (Å²) >= 11 is 0. The molecule has 0 saturated carbocycles. The van der Waals surface area contributed by atoms with Crippen LogP contribution in [0.4, 0.5) is 11.4 Å². The predicted octanol–water partition coefficient (Wildman–Crippen LogP) is 5.78. The zero-order valence-electron chi connectivity index (χ0n) is 32.5. The molecule has 0 spiro atoms. The first kappa shape index (κ1) is 52.0. The number of rotatable bonds is 25. The molecule has 2 rings (SSSR count). The van der Waals surface area contributed by atoms with Gasteiger partial charge in [-0.1, -0.05) is 38.5 Å². The minimum absolute atomic E-state index is 0.0200. The average molecular weight is 933 g/mol. The van der Waals surface area contributed by atoms with Crippen LogP contribution >= 0.6 is 31.3 Å². The zero-order valence-corrected chi connectivity index (χ0v) is 36.0. The molecule has 6 N–H and O–H groups in total. The molecule has 0 radical (unpaired) electrons. The smallest absolute Gasteiger partial charge is 0.367 e. The standard InChI is InChI=1S/C32H44N2O22P4/c1-49-57(41,42)53-29(37)21-15-22(30(38)54-58(43,44)50-2)18-25(17-21)33-27(35)13-11-9-7-5-6-8-10-12-14-28(36)34-26-19-23(31(39)55-59(45,46)51-3)16-24(20-26)32(40)56-60(47,48)52-4/h15-20H,5-14H2,1-4H3,(H,33,35)(H,34,36)(H,41,42)(H,43,44)(H,45,46)(H,47,48). The lowest BCUT2D eigenvalue weighted by atomic mass is 10.1. The van der Waals surface area contributed by atoms with Gasteiger partial charge in [0.2, 0.25) is 11.8 Å². The Morgan fingerprint density at radius 1 is 0.417 bits per heavy atom. The number of carbonyl (C=O) groups excluding carboxylic acids is 6. The number of anilines is 2. The molecule has 24 nitrogen and oxygen atoms in total. The van der Waals surface area contributed by atoms with Gasteiger partial charge in [0, 0.05) is 52.7 Å². The van der Waals surface area contributed by atoms with Crippen LogP contribution in [0.15, 0.2) is 36.4 Å². The molecule has 2 amide bonds. The summed E-state index contributed by atoms with van der Waals surface area (Å²) in [6, 6.07) is 5.78. The monoisotopic (exact) mass is 932 g/mol. The molecule has 0 bridgehead atoms. The average Bonchev–Trinajstić information content (AvgIpc) is 3.17. The van der Waals surface area contributed by atoms with E-state index in [1.807, 2.05) is 0 Å². The Hall–Kier alpha value is -4.14. The summed E-state index contributed by atoms with van der Waals surface area (Å²) in [5, 5.41) is 4.94. The summed E-state index contributed by atoms with van der Waals surface area (Å²) in [4.78, 5) is 113. The molecule has 0 aromatic heterocycles. The quantitative estimate of drug-likeness (QED) is 0.0507. The van der Waals surface area contributed by atoms with Crippen molar-refractivity contribution in [2.24, 2.45) is 0 Å². The van der Waals surface area contributed by atoms with Crippen LogP contribution in [0.5, 0.6) is 0 Å². The Labute approximate surface area is 342 Å². The van der Waals surface area contributed by atoms with E-state index >= 15 is 0 Å². The van der Waals surface area contributed by atoms with Crippen LogP contribution in [0.25, 0.3) is 0 Å². The van der Waals surface area contributed by atoms with E-state index in [0.717, 1.165) is 90.5 Å². The fraction of sp³-hybridized carbons (Fsp3) is 0.438. The van der Waals surface area contributed by atoms with Crippen molar-refractivity contribution in [2.45, 2.75) is 64.2 Å². The fourth-order valence-electron chi connectivity index (χ4n) is 4.73. The maximum Gasteiger partial charge on any atom is 0.529 e. The lowest BCUT2D eigenvalue weighted by Gasteiger charge is -2.13. The summed E-state index contributed by atoms with van der Waals surface area (Å²) in [5.41, 5.74) is -2.32. The molecular formula is C32H44N2O22P4. The van der Waals surface area contributed by atoms with Crippen LogP contribution in [0.3, 0.4) is 0 Å². The molecule has 0 fully saturated rings. The van der Waals surface area contributed by atoms with Gasteiger partial charge in [-0.25, -0.2) is 37.4 Å². The van der Waals surface area contributed by atoms with Gasteiger partial charge in [-0.15, -0.1) is 0 Å². The third-order valence-electron chi connectivity index (χ3n) is 7.65. The van der Waals surface area contributed by atoms with Gasteiger partial charge in [-0.05, 0) is 49.2 Å². The zero-order chi connectivity index (χ0) is 45.3. The molecule has 0 aliphatic carbocycles. The van der Waals surface area contributed by atoms with E-state index in [-0.39, 0.29) is 24.2 Å². The Morgan fingerprint density at radius 2 is 0.633 bits per heavy atom. The van der Waals surface area contributed by atoms with Crippen LogP contribution in [0.1, 0.15) is 106 Å². The number of phosphoric acid groups is 4. The molecular weight excluding hydrogens is 888 g/mol. The molecule has 334 valence electrons. The van der Waals surface area contributed by atoms with Crippen molar-refractivity contribution in [1.29, 1.82) is 0 Å². The van der Waals surface area contributed by atoms with Crippen molar-refractivity contribution in [3.63, 3.8) is 0 Å². The molecule has 4 atom stereocenters. The number of carbonyl (C=O) groups is 6. The number of unbranched alkanes of at least 4 members (excludes halogenated alkanes) is 7. The maximum absolute atomic E-state index is 12.6. The summed E-state index contributed by atoms with van der Waals surface area (Å²) < 4.78 is 81.2. The van der Waals surface area contributed by atoms with Crippen molar-refractivity contribution < 1.29 is 103 Å². The predicted molar refractivity (Wildman–Crippen MR) is 205 cm³/mol. The van der Waals surface area contributed by atoms with Crippen LogP contribution < -0.4 is 10.6 Å². The summed E-state index contributed by atoms with van der Waals surface area (Å²) in [6.07, 6.45) is 5.33. The Bertz CT molecular complexity index is 1840. The van der Waals surface area contributed by atoms with Gasteiger partial charge in [-0.2, -0.15) is 0 Å². The van der Waals surface area contributed by atoms with Crippen LogP contribution in [-0.4, -0.2) is 83.7 Å². The highest BCUT2D eigenvalue weighted by Crippen LogP contribution is 2.46. The lowest BCUT2D eigenvalue weighted by Crippen LogP contribution is -2.14. The Balaban J connectivity index is 1.86. The first-order valence-corrected chi connectivity index (χ1v) is 23.3. The van der Waals surface area contributed by atoms with Gasteiger partial charge in [0.25, 0.3) is 0 Å².